The molecule has 0 aliphatic heterocycles. The summed E-state index contributed by atoms with van der Waals surface area (Å²) in [5, 5.41) is 2.49. The first-order chi connectivity index (χ1) is 8.77. The molecule has 0 amide bonds. The highest BCUT2D eigenvalue weighted by atomic mass is 35.7. The molecule has 0 aromatic heterocycles. The van der Waals surface area contributed by atoms with E-state index in [0.29, 0.717) is 5.75 Å². The van der Waals surface area contributed by atoms with Gasteiger partial charge in [-0.15, -0.1) is 0 Å². The van der Waals surface area contributed by atoms with Crippen molar-refractivity contribution in [3.05, 3.63) is 30.3 Å². The summed E-state index contributed by atoms with van der Waals surface area (Å²) in [6.07, 6.45) is 0. The van der Waals surface area contributed by atoms with Gasteiger partial charge in [0.25, 0.3) is 0 Å². The SMILES string of the molecule is CCOC(=O)C(C)(C)NP(=O)(Cl)Oc1ccccc1. The lowest BCUT2D eigenvalue weighted by Gasteiger charge is -2.26. The maximum Gasteiger partial charge on any atom is 0.410 e. The van der Waals surface area contributed by atoms with Crippen LogP contribution in [-0.2, 0) is 14.1 Å². The van der Waals surface area contributed by atoms with Crippen LogP contribution in [0.15, 0.2) is 30.3 Å². The molecule has 19 heavy (non-hydrogen) atoms. The molecule has 1 rings (SSSR count). The number of nitrogens with one attached hydrogen (secondary N) is 1. The molecule has 106 valence electrons. The topological polar surface area (TPSA) is 64.6 Å². The molecule has 0 saturated carbocycles. The van der Waals surface area contributed by atoms with Crippen molar-refractivity contribution in [2.24, 2.45) is 0 Å². The first kappa shape index (κ1) is 16.0. The number of carbonyl (C=O) groups is 1. The normalized spacial score (nSPS) is 14.5. The van der Waals surface area contributed by atoms with Gasteiger partial charge in [0.15, 0.2) is 0 Å². The molecule has 0 bridgehead atoms. The van der Waals surface area contributed by atoms with E-state index in [0.717, 1.165) is 0 Å². The molecule has 5 nitrogen and oxygen atoms in total. The quantitative estimate of drug-likeness (QED) is 0.645. The minimum Gasteiger partial charge on any atom is -0.465 e. The Hall–Kier alpha value is -1.03. The van der Waals surface area contributed by atoms with E-state index in [1.807, 2.05) is 0 Å². The summed E-state index contributed by atoms with van der Waals surface area (Å²) in [5.74, 6) is -0.194. The molecule has 1 atom stereocenters. The molecule has 0 saturated heterocycles. The largest absolute Gasteiger partial charge is 0.465 e. The van der Waals surface area contributed by atoms with Crippen LogP contribution in [0.2, 0.25) is 0 Å². The van der Waals surface area contributed by atoms with Gasteiger partial charge in [0, 0.05) is 11.2 Å². The molecule has 1 aromatic carbocycles. The Kier molecular flexibility index (Phi) is 5.41. The van der Waals surface area contributed by atoms with E-state index in [1.54, 1.807) is 37.3 Å². The van der Waals surface area contributed by atoms with Crippen LogP contribution in [0.1, 0.15) is 20.8 Å². The number of benzene rings is 1. The van der Waals surface area contributed by atoms with Gasteiger partial charge in [-0.1, -0.05) is 18.2 Å². The van der Waals surface area contributed by atoms with Crippen molar-refractivity contribution in [2.75, 3.05) is 6.61 Å². The summed E-state index contributed by atoms with van der Waals surface area (Å²) in [6, 6.07) is 8.48. The Morgan fingerprint density at radius 2 is 1.95 bits per heavy atom. The predicted molar refractivity (Wildman–Crippen MR) is 74.4 cm³/mol. The van der Waals surface area contributed by atoms with Crippen LogP contribution in [0.3, 0.4) is 0 Å². The van der Waals surface area contributed by atoms with E-state index in [-0.39, 0.29) is 6.61 Å². The van der Waals surface area contributed by atoms with Crippen LogP contribution < -0.4 is 9.61 Å². The lowest BCUT2D eigenvalue weighted by molar-refractivity contribution is -0.148. The zero-order chi connectivity index (χ0) is 14.5. The van der Waals surface area contributed by atoms with E-state index in [9.17, 15) is 9.36 Å². The zero-order valence-electron chi connectivity index (χ0n) is 11.1. The second-order valence-corrected chi connectivity index (χ2v) is 7.04. The molecule has 1 N–H and O–H groups in total. The highest BCUT2D eigenvalue weighted by molar-refractivity contribution is 7.84. The minimum atomic E-state index is -3.69. The van der Waals surface area contributed by atoms with Gasteiger partial charge < -0.3 is 9.26 Å². The molecule has 7 heteroatoms. The monoisotopic (exact) mass is 305 g/mol. The second-order valence-electron chi connectivity index (χ2n) is 4.34. The maximum atomic E-state index is 12.1. The van der Waals surface area contributed by atoms with Gasteiger partial charge in [0.05, 0.1) is 6.61 Å². The van der Waals surface area contributed by atoms with E-state index in [1.165, 1.54) is 13.8 Å². The van der Waals surface area contributed by atoms with Gasteiger partial charge in [0.1, 0.15) is 11.3 Å². The summed E-state index contributed by atoms with van der Waals surface area (Å²) < 4.78 is 22.2. The van der Waals surface area contributed by atoms with Crippen molar-refractivity contribution < 1.29 is 18.6 Å². The number of para-hydroxylation sites is 1. The number of hydrogen-bond acceptors (Lipinski definition) is 4. The molecule has 0 heterocycles. The number of rotatable bonds is 6. The van der Waals surface area contributed by atoms with Crippen LogP contribution in [0, 0.1) is 0 Å². The molecule has 0 aliphatic rings. The standard InChI is InChI=1S/C12H17ClNO4P/c1-4-17-11(15)12(2,3)14-19(13,16)18-10-8-6-5-7-9-10/h5-9H,4H2,1-3H3,(H,14,16). The summed E-state index contributed by atoms with van der Waals surface area (Å²) in [6.45, 7) is 1.27. The average molecular weight is 306 g/mol. The third-order valence-corrected chi connectivity index (χ3v) is 3.90. The van der Waals surface area contributed by atoms with E-state index in [4.69, 9.17) is 20.5 Å². The molecule has 0 spiro atoms. The summed E-state index contributed by atoms with van der Waals surface area (Å²) >= 11 is 5.81. The zero-order valence-corrected chi connectivity index (χ0v) is 12.7. The first-order valence-electron chi connectivity index (χ1n) is 5.78. The number of halogens is 1. The third-order valence-electron chi connectivity index (χ3n) is 2.16. The Labute approximate surface area is 117 Å². The molecule has 0 aliphatic carbocycles. The third kappa shape index (κ3) is 5.23. The predicted octanol–water partition coefficient (Wildman–Crippen LogP) is 3.34. The molecular formula is C12H17ClNO4P. The molecule has 1 aromatic rings. The van der Waals surface area contributed by atoms with Crippen LogP contribution in [0.5, 0.6) is 5.75 Å². The molecule has 1 unspecified atom stereocenters. The fraction of sp³-hybridized carbons (Fsp3) is 0.417. The van der Waals surface area contributed by atoms with Crippen molar-refractivity contribution in [1.29, 1.82) is 0 Å². The van der Waals surface area contributed by atoms with Crippen molar-refractivity contribution in [1.82, 2.24) is 5.09 Å². The summed E-state index contributed by atoms with van der Waals surface area (Å²) in [7, 11) is 0. The van der Waals surface area contributed by atoms with Gasteiger partial charge in [0.2, 0.25) is 0 Å². The summed E-state index contributed by atoms with van der Waals surface area (Å²) in [5.41, 5.74) is -1.21. The van der Waals surface area contributed by atoms with Crippen molar-refractivity contribution in [3.8, 4) is 5.75 Å². The Morgan fingerprint density at radius 1 is 1.37 bits per heavy atom. The van der Waals surface area contributed by atoms with Gasteiger partial charge in [-0.3, -0.25) is 4.79 Å². The van der Waals surface area contributed by atoms with Crippen molar-refractivity contribution in [3.63, 3.8) is 0 Å². The Bertz CT molecular complexity index is 478. The van der Waals surface area contributed by atoms with Gasteiger partial charge in [-0.25, -0.2) is 9.65 Å². The average Bonchev–Trinajstić information content (AvgIpc) is 2.28. The fourth-order valence-corrected chi connectivity index (χ4v) is 3.40. The maximum absolute atomic E-state index is 12.1. The van der Waals surface area contributed by atoms with Crippen LogP contribution in [-0.4, -0.2) is 18.1 Å². The highest BCUT2D eigenvalue weighted by Gasteiger charge is 2.37. The van der Waals surface area contributed by atoms with E-state index < -0.39 is 18.4 Å². The lowest BCUT2D eigenvalue weighted by Crippen LogP contribution is -2.45. The van der Waals surface area contributed by atoms with Crippen molar-refractivity contribution >= 4 is 24.1 Å². The first-order valence-corrected chi connectivity index (χ1v) is 8.31. The smallest absolute Gasteiger partial charge is 0.410 e. The van der Waals surface area contributed by atoms with Crippen LogP contribution >= 0.6 is 18.1 Å². The Morgan fingerprint density at radius 3 is 2.47 bits per heavy atom. The number of hydrogen-bond donors (Lipinski definition) is 1. The van der Waals surface area contributed by atoms with Gasteiger partial charge in [-0.05, 0) is 32.9 Å². The second kappa shape index (κ2) is 6.42. The Balaban J connectivity index is 2.74. The number of esters is 1. The number of carbonyl (C=O) groups excluding carboxylic acids is 1. The fourth-order valence-electron chi connectivity index (χ4n) is 1.33. The molecule has 0 fully saturated rings. The minimum absolute atomic E-state index is 0.232. The lowest BCUT2D eigenvalue weighted by atomic mass is 10.1. The van der Waals surface area contributed by atoms with E-state index in [2.05, 4.69) is 5.09 Å². The molecule has 0 radical (unpaired) electrons. The van der Waals surface area contributed by atoms with Crippen LogP contribution in [0.4, 0.5) is 0 Å². The van der Waals surface area contributed by atoms with Gasteiger partial charge >= 0.3 is 12.8 Å². The summed E-state index contributed by atoms with van der Waals surface area (Å²) in [4.78, 5) is 11.7. The highest BCUT2D eigenvalue weighted by Crippen LogP contribution is 2.49. The number of ether oxygens (including phenoxy) is 1. The van der Waals surface area contributed by atoms with Crippen LogP contribution in [0.25, 0.3) is 0 Å². The van der Waals surface area contributed by atoms with Crippen molar-refractivity contribution in [2.45, 2.75) is 26.3 Å². The van der Waals surface area contributed by atoms with Gasteiger partial charge in [-0.2, -0.15) is 0 Å². The molecular weight excluding hydrogens is 289 g/mol. The van der Waals surface area contributed by atoms with E-state index >= 15 is 0 Å².